The molecular weight excluding hydrogens is 869 g/mol. The van der Waals surface area contributed by atoms with Crippen LogP contribution in [0.3, 0.4) is 0 Å². The van der Waals surface area contributed by atoms with Gasteiger partial charge < -0.3 is 8.98 Å². The molecule has 0 aliphatic heterocycles. The summed E-state index contributed by atoms with van der Waals surface area (Å²) in [5.74, 6) is 1.43. The molecule has 0 atom stereocenters. The summed E-state index contributed by atoms with van der Waals surface area (Å²) in [4.78, 5) is 10.9. The number of furan rings is 1. The van der Waals surface area contributed by atoms with E-state index in [0.29, 0.717) is 5.82 Å². The number of para-hydroxylation sites is 4. The molecule has 14 aromatic rings. The van der Waals surface area contributed by atoms with E-state index in [4.69, 9.17) is 14.4 Å². The maximum Gasteiger partial charge on any atom is 0.179 e. The Morgan fingerprint density at radius 2 is 0.786 bits per heavy atom. The van der Waals surface area contributed by atoms with E-state index in [1.54, 1.807) is 0 Å². The molecule has 10 aromatic carbocycles. The van der Waals surface area contributed by atoms with Gasteiger partial charge in [0.2, 0.25) is 0 Å². The molecule has 0 aliphatic carbocycles. The number of rotatable bonds is 8. The minimum atomic E-state index is -2.76. The van der Waals surface area contributed by atoms with Crippen molar-refractivity contribution in [2.75, 3.05) is 0 Å². The number of aromatic nitrogens is 4. The van der Waals surface area contributed by atoms with Crippen molar-refractivity contribution in [2.24, 2.45) is 0 Å². The second kappa shape index (κ2) is 16.0. The van der Waals surface area contributed by atoms with E-state index in [2.05, 4.69) is 252 Å². The Labute approximate surface area is 404 Å². The molecule has 4 aromatic heterocycles. The van der Waals surface area contributed by atoms with E-state index in [0.717, 1.165) is 72.1 Å². The van der Waals surface area contributed by atoms with Gasteiger partial charge in [-0.15, -0.1) is 0 Å². The standard InChI is InChI=1S/C64H42N4OSi/c1-4-18-46(19-5-1)70(47-20-6-2-7-21-47,48-22-8-3-9-23-48)49-36-32-43(33-37-49)64-65-56(44-34-38-54-53-27-13-17-31-61(53)69-62(54)40-44)42-63(66-64)68-59-30-16-12-26-52(59)55-41-45(35-39-60(55)68)67-57-28-14-10-24-50(57)51-25-11-15-29-58(51)67/h1-42H. The van der Waals surface area contributed by atoms with Crippen molar-refractivity contribution in [3.63, 3.8) is 0 Å². The van der Waals surface area contributed by atoms with E-state index in [-0.39, 0.29) is 0 Å². The summed E-state index contributed by atoms with van der Waals surface area (Å²) in [6, 6.07) is 91.9. The van der Waals surface area contributed by atoms with Crippen LogP contribution in [0, 0.1) is 0 Å². The number of hydrogen-bond donors (Lipinski definition) is 0. The van der Waals surface area contributed by atoms with Gasteiger partial charge in [-0.3, -0.25) is 4.57 Å². The maximum atomic E-state index is 6.45. The van der Waals surface area contributed by atoms with Crippen molar-refractivity contribution in [3.05, 3.63) is 255 Å². The van der Waals surface area contributed by atoms with Crippen LogP contribution in [0.1, 0.15) is 0 Å². The lowest BCUT2D eigenvalue weighted by molar-refractivity contribution is 0.669. The molecule has 0 bridgehead atoms. The van der Waals surface area contributed by atoms with Gasteiger partial charge in [-0.25, -0.2) is 9.97 Å². The molecule has 70 heavy (non-hydrogen) atoms. The Morgan fingerprint density at radius 3 is 1.40 bits per heavy atom. The summed E-state index contributed by atoms with van der Waals surface area (Å²) in [6.45, 7) is 0. The zero-order chi connectivity index (χ0) is 46.2. The average Bonchev–Trinajstić information content (AvgIpc) is 4.09. The molecule has 4 heterocycles. The number of fused-ring (bicyclic) bond motifs is 9. The highest BCUT2D eigenvalue weighted by molar-refractivity contribution is 7.19. The lowest BCUT2D eigenvalue weighted by atomic mass is 10.1. The lowest BCUT2D eigenvalue weighted by Gasteiger charge is -2.34. The maximum absolute atomic E-state index is 6.45. The fourth-order valence-corrected chi connectivity index (χ4v) is 15.9. The van der Waals surface area contributed by atoms with Gasteiger partial charge in [0.05, 0.1) is 27.8 Å². The smallest absolute Gasteiger partial charge is 0.179 e. The normalized spacial score (nSPS) is 12.0. The first-order valence-electron chi connectivity index (χ1n) is 23.8. The Kier molecular flexibility index (Phi) is 9.15. The second-order valence-electron chi connectivity index (χ2n) is 18.1. The molecule has 0 radical (unpaired) electrons. The molecule has 0 aliphatic rings. The van der Waals surface area contributed by atoms with E-state index in [9.17, 15) is 0 Å². The van der Waals surface area contributed by atoms with Crippen LogP contribution >= 0.6 is 0 Å². The van der Waals surface area contributed by atoms with Crippen LogP contribution < -0.4 is 20.7 Å². The van der Waals surface area contributed by atoms with Crippen molar-refractivity contribution < 1.29 is 4.42 Å². The van der Waals surface area contributed by atoms with Crippen molar-refractivity contribution in [1.82, 2.24) is 19.1 Å². The van der Waals surface area contributed by atoms with Crippen LogP contribution in [0.4, 0.5) is 0 Å². The summed E-state index contributed by atoms with van der Waals surface area (Å²) in [5.41, 5.74) is 9.98. The van der Waals surface area contributed by atoms with Gasteiger partial charge in [0.1, 0.15) is 17.0 Å². The minimum Gasteiger partial charge on any atom is -0.456 e. The van der Waals surface area contributed by atoms with E-state index < -0.39 is 8.07 Å². The Hall–Kier alpha value is -9.10. The SMILES string of the molecule is c1ccc([Si](c2ccccc2)(c2ccccc2)c2ccc(-c3nc(-c4ccc5c(c4)oc4ccccc45)cc(-n4c5ccccc5c5cc(-n6c7ccccc7c7ccccc76)ccc54)n3)cc2)cc1. The molecule has 14 rings (SSSR count). The lowest BCUT2D eigenvalue weighted by Crippen LogP contribution is -2.74. The third-order valence-corrected chi connectivity index (χ3v) is 19.1. The first-order chi connectivity index (χ1) is 34.7. The Morgan fingerprint density at radius 1 is 0.314 bits per heavy atom. The van der Waals surface area contributed by atoms with E-state index in [1.165, 1.54) is 42.6 Å². The molecule has 0 spiro atoms. The minimum absolute atomic E-state index is 0.642. The topological polar surface area (TPSA) is 48.8 Å². The van der Waals surface area contributed by atoms with Crippen LogP contribution in [-0.4, -0.2) is 27.2 Å². The number of benzene rings is 10. The van der Waals surface area contributed by atoms with Crippen LogP contribution in [0.25, 0.3) is 99.7 Å². The van der Waals surface area contributed by atoms with Crippen molar-refractivity contribution in [1.29, 1.82) is 0 Å². The van der Waals surface area contributed by atoms with Gasteiger partial charge in [-0.05, 0) is 75.3 Å². The molecular formula is C64H42N4OSi. The fourth-order valence-electron chi connectivity index (χ4n) is 11.2. The van der Waals surface area contributed by atoms with Gasteiger partial charge in [0.25, 0.3) is 0 Å². The zero-order valence-corrected chi connectivity index (χ0v) is 38.9. The highest BCUT2D eigenvalue weighted by Crippen LogP contribution is 2.38. The van der Waals surface area contributed by atoms with E-state index in [1.807, 2.05) is 12.1 Å². The van der Waals surface area contributed by atoms with Gasteiger partial charge in [-0.1, -0.05) is 194 Å². The predicted octanol–water partition coefficient (Wildman–Crippen LogP) is 13.3. The summed E-state index contributed by atoms with van der Waals surface area (Å²) >= 11 is 0. The Balaban J connectivity index is 0.981. The van der Waals surface area contributed by atoms with Gasteiger partial charge >= 0.3 is 0 Å². The zero-order valence-electron chi connectivity index (χ0n) is 37.9. The summed E-state index contributed by atoms with van der Waals surface area (Å²) in [6.07, 6.45) is 0. The molecule has 0 saturated heterocycles. The molecule has 5 nitrogen and oxygen atoms in total. The molecule has 0 saturated carbocycles. The van der Waals surface area contributed by atoms with Crippen LogP contribution in [0.5, 0.6) is 0 Å². The highest BCUT2D eigenvalue weighted by atomic mass is 28.3. The molecule has 328 valence electrons. The highest BCUT2D eigenvalue weighted by Gasteiger charge is 2.41. The molecule has 0 fully saturated rings. The summed E-state index contributed by atoms with van der Waals surface area (Å²) < 4.78 is 11.1. The third kappa shape index (κ3) is 6.17. The summed E-state index contributed by atoms with van der Waals surface area (Å²) in [5, 5.41) is 12.2. The van der Waals surface area contributed by atoms with Crippen LogP contribution in [-0.2, 0) is 0 Å². The monoisotopic (exact) mass is 910 g/mol. The summed E-state index contributed by atoms with van der Waals surface area (Å²) in [7, 11) is -2.76. The molecule has 0 amide bonds. The van der Waals surface area contributed by atoms with Gasteiger partial charge in [0, 0.05) is 55.2 Å². The Bertz CT molecular complexity index is 4140. The van der Waals surface area contributed by atoms with Crippen LogP contribution in [0.15, 0.2) is 259 Å². The largest absolute Gasteiger partial charge is 0.456 e. The van der Waals surface area contributed by atoms with E-state index >= 15 is 0 Å². The molecule has 0 unspecified atom stereocenters. The third-order valence-electron chi connectivity index (χ3n) is 14.3. The van der Waals surface area contributed by atoms with Crippen LogP contribution in [0.2, 0.25) is 0 Å². The van der Waals surface area contributed by atoms with Gasteiger partial charge in [0.15, 0.2) is 13.9 Å². The van der Waals surface area contributed by atoms with Crippen molar-refractivity contribution in [2.45, 2.75) is 0 Å². The fraction of sp³-hybridized carbons (Fsp3) is 0. The quantitative estimate of drug-likeness (QED) is 0.113. The first-order valence-corrected chi connectivity index (χ1v) is 25.8. The number of nitrogens with zero attached hydrogens (tertiary/aromatic N) is 4. The number of hydrogen-bond acceptors (Lipinski definition) is 3. The van der Waals surface area contributed by atoms with Gasteiger partial charge in [-0.2, -0.15) is 0 Å². The van der Waals surface area contributed by atoms with Crippen molar-refractivity contribution in [3.8, 4) is 34.2 Å². The molecule has 6 heteroatoms. The average molecular weight is 911 g/mol. The van der Waals surface area contributed by atoms with Crippen molar-refractivity contribution >= 4 is 94.4 Å². The molecule has 0 N–H and O–H groups in total. The predicted molar refractivity (Wildman–Crippen MR) is 292 cm³/mol. The first kappa shape index (κ1) is 40.0. The second-order valence-corrected chi connectivity index (χ2v) is 21.9.